The smallest absolute Gasteiger partial charge is 0.223 e. The van der Waals surface area contributed by atoms with E-state index in [1.54, 1.807) is 0 Å². The molecule has 0 bridgehead atoms. The normalized spacial score (nSPS) is 12.7. The second kappa shape index (κ2) is 6.00. The number of nitrogens with one attached hydrogen (secondary N) is 1. The van der Waals surface area contributed by atoms with Gasteiger partial charge in [-0.05, 0) is 20.4 Å². The van der Waals surface area contributed by atoms with Crippen LogP contribution in [0, 0.1) is 0 Å². The van der Waals surface area contributed by atoms with Crippen molar-refractivity contribution in [3.8, 4) is 0 Å². The third kappa shape index (κ3) is 3.72. The van der Waals surface area contributed by atoms with Crippen LogP contribution in [0.4, 0.5) is 0 Å². The predicted octanol–water partition coefficient (Wildman–Crippen LogP) is 0.853. The van der Waals surface area contributed by atoms with Crippen LogP contribution in [0.2, 0.25) is 0 Å². The van der Waals surface area contributed by atoms with Crippen molar-refractivity contribution >= 4 is 5.91 Å². The van der Waals surface area contributed by atoms with Crippen molar-refractivity contribution in [3.05, 3.63) is 0 Å². The van der Waals surface area contributed by atoms with Gasteiger partial charge in [0.2, 0.25) is 5.91 Å². The van der Waals surface area contributed by atoms with E-state index in [1.165, 1.54) is 0 Å². The third-order valence-corrected chi connectivity index (χ3v) is 2.23. The minimum Gasteiger partial charge on any atom is -0.343 e. The van der Waals surface area contributed by atoms with Crippen molar-refractivity contribution in [2.45, 2.75) is 32.7 Å². The minimum absolute atomic E-state index is 0.221. The predicted molar refractivity (Wildman–Crippen MR) is 51.1 cm³/mol. The summed E-state index contributed by atoms with van der Waals surface area (Å²) in [5.41, 5.74) is 0. The highest BCUT2D eigenvalue weighted by atomic mass is 16.2. The molecule has 0 saturated heterocycles. The Balaban J connectivity index is 3.75. The molecular formula is C9H20N2O. The van der Waals surface area contributed by atoms with E-state index in [-0.39, 0.29) is 5.91 Å². The van der Waals surface area contributed by atoms with E-state index >= 15 is 0 Å². The Bertz CT molecular complexity index is 136. The van der Waals surface area contributed by atoms with Crippen LogP contribution in [-0.4, -0.2) is 37.5 Å². The molecule has 0 aliphatic rings. The van der Waals surface area contributed by atoms with Gasteiger partial charge in [0, 0.05) is 26.1 Å². The first-order valence-corrected chi connectivity index (χ1v) is 4.53. The molecule has 0 aliphatic heterocycles. The van der Waals surface area contributed by atoms with Crippen molar-refractivity contribution in [2.75, 3.05) is 20.6 Å². The van der Waals surface area contributed by atoms with Gasteiger partial charge < -0.3 is 10.2 Å². The number of hydrogen-bond acceptors (Lipinski definition) is 2. The van der Waals surface area contributed by atoms with E-state index in [0.717, 1.165) is 13.0 Å². The van der Waals surface area contributed by atoms with Crippen molar-refractivity contribution in [1.29, 1.82) is 0 Å². The fourth-order valence-electron chi connectivity index (χ4n) is 0.928. The zero-order chi connectivity index (χ0) is 9.56. The van der Waals surface area contributed by atoms with Crippen molar-refractivity contribution in [2.24, 2.45) is 0 Å². The highest BCUT2D eigenvalue weighted by molar-refractivity contribution is 5.76. The Kier molecular flexibility index (Phi) is 5.72. The molecule has 3 heteroatoms. The summed E-state index contributed by atoms with van der Waals surface area (Å²) >= 11 is 0. The molecule has 0 aliphatic carbocycles. The first kappa shape index (κ1) is 11.4. The largest absolute Gasteiger partial charge is 0.343 e. The van der Waals surface area contributed by atoms with Crippen LogP contribution in [0.25, 0.3) is 0 Å². The van der Waals surface area contributed by atoms with Crippen LogP contribution in [0.1, 0.15) is 26.7 Å². The number of hydrogen-bond donors (Lipinski definition) is 1. The van der Waals surface area contributed by atoms with E-state index in [2.05, 4.69) is 19.2 Å². The summed E-state index contributed by atoms with van der Waals surface area (Å²) in [5.74, 6) is 0.221. The second-order valence-corrected chi connectivity index (χ2v) is 3.12. The maximum atomic E-state index is 11.4. The SMILES string of the molecule is CCC(C)N(C)C(=O)CCNC. The van der Waals surface area contributed by atoms with Crippen molar-refractivity contribution in [1.82, 2.24) is 10.2 Å². The molecule has 0 heterocycles. The van der Waals surface area contributed by atoms with Gasteiger partial charge in [0.15, 0.2) is 0 Å². The van der Waals surface area contributed by atoms with Gasteiger partial charge in [0.1, 0.15) is 0 Å². The van der Waals surface area contributed by atoms with E-state index in [9.17, 15) is 4.79 Å². The van der Waals surface area contributed by atoms with Gasteiger partial charge in [0.25, 0.3) is 0 Å². The minimum atomic E-state index is 0.221. The molecule has 0 radical (unpaired) electrons. The molecule has 0 fully saturated rings. The summed E-state index contributed by atoms with van der Waals surface area (Å²) < 4.78 is 0. The average Bonchev–Trinajstić information content (AvgIpc) is 2.11. The molecule has 3 nitrogen and oxygen atoms in total. The lowest BCUT2D eigenvalue weighted by molar-refractivity contribution is -0.131. The molecule has 1 atom stereocenters. The topological polar surface area (TPSA) is 32.3 Å². The van der Waals surface area contributed by atoms with E-state index in [4.69, 9.17) is 0 Å². The molecule has 0 spiro atoms. The quantitative estimate of drug-likeness (QED) is 0.667. The summed E-state index contributed by atoms with van der Waals surface area (Å²) in [7, 11) is 3.72. The highest BCUT2D eigenvalue weighted by Crippen LogP contribution is 2.01. The molecule has 0 aromatic rings. The molecular weight excluding hydrogens is 152 g/mol. The Hall–Kier alpha value is -0.570. The van der Waals surface area contributed by atoms with Crippen molar-refractivity contribution in [3.63, 3.8) is 0 Å². The Morgan fingerprint density at radius 2 is 2.17 bits per heavy atom. The van der Waals surface area contributed by atoms with Crippen LogP contribution in [0.3, 0.4) is 0 Å². The van der Waals surface area contributed by atoms with Crippen molar-refractivity contribution < 1.29 is 4.79 Å². The molecule has 0 aromatic heterocycles. The monoisotopic (exact) mass is 172 g/mol. The van der Waals surface area contributed by atoms with E-state index < -0.39 is 0 Å². The lowest BCUT2D eigenvalue weighted by Gasteiger charge is -2.23. The molecule has 0 rings (SSSR count). The fraction of sp³-hybridized carbons (Fsp3) is 0.889. The molecule has 72 valence electrons. The van der Waals surface area contributed by atoms with Gasteiger partial charge in [-0.1, -0.05) is 6.92 Å². The average molecular weight is 172 g/mol. The maximum absolute atomic E-state index is 11.4. The lowest BCUT2D eigenvalue weighted by Crippen LogP contribution is -2.35. The Morgan fingerprint density at radius 3 is 2.58 bits per heavy atom. The summed E-state index contributed by atoms with van der Waals surface area (Å²) in [6.45, 7) is 4.92. The first-order chi connectivity index (χ1) is 5.63. The third-order valence-electron chi connectivity index (χ3n) is 2.23. The van der Waals surface area contributed by atoms with E-state index in [0.29, 0.717) is 12.5 Å². The van der Waals surface area contributed by atoms with Crippen LogP contribution in [0.15, 0.2) is 0 Å². The van der Waals surface area contributed by atoms with Gasteiger partial charge >= 0.3 is 0 Å². The van der Waals surface area contributed by atoms with Crippen LogP contribution >= 0.6 is 0 Å². The lowest BCUT2D eigenvalue weighted by atomic mass is 10.2. The number of amides is 1. The van der Waals surface area contributed by atoms with Crippen LogP contribution in [0.5, 0.6) is 0 Å². The zero-order valence-corrected chi connectivity index (χ0v) is 8.55. The van der Waals surface area contributed by atoms with E-state index in [1.807, 2.05) is 19.0 Å². The molecule has 0 saturated carbocycles. The molecule has 0 aromatic carbocycles. The fourth-order valence-corrected chi connectivity index (χ4v) is 0.928. The zero-order valence-electron chi connectivity index (χ0n) is 8.55. The summed E-state index contributed by atoms with van der Waals surface area (Å²) in [6, 6.07) is 0.356. The first-order valence-electron chi connectivity index (χ1n) is 4.53. The van der Waals surface area contributed by atoms with Gasteiger partial charge in [0.05, 0.1) is 0 Å². The standard InChI is InChI=1S/C9H20N2O/c1-5-8(2)11(4)9(12)6-7-10-3/h8,10H,5-7H2,1-4H3. The molecule has 1 N–H and O–H groups in total. The Labute approximate surface area is 75.1 Å². The number of carbonyl (C=O) groups is 1. The van der Waals surface area contributed by atoms with Gasteiger partial charge in [-0.2, -0.15) is 0 Å². The summed E-state index contributed by atoms with van der Waals surface area (Å²) in [4.78, 5) is 13.2. The molecule has 1 amide bonds. The number of rotatable bonds is 5. The summed E-state index contributed by atoms with van der Waals surface area (Å²) in [5, 5.41) is 2.96. The van der Waals surface area contributed by atoms with Gasteiger partial charge in [-0.25, -0.2) is 0 Å². The number of nitrogens with zero attached hydrogens (tertiary/aromatic N) is 1. The second-order valence-electron chi connectivity index (χ2n) is 3.12. The van der Waals surface area contributed by atoms with Gasteiger partial charge in [-0.15, -0.1) is 0 Å². The Morgan fingerprint density at radius 1 is 1.58 bits per heavy atom. The van der Waals surface area contributed by atoms with Gasteiger partial charge in [-0.3, -0.25) is 4.79 Å². The summed E-state index contributed by atoms with van der Waals surface area (Å²) in [6.07, 6.45) is 1.61. The molecule has 12 heavy (non-hydrogen) atoms. The van der Waals surface area contributed by atoms with Crippen LogP contribution in [-0.2, 0) is 4.79 Å². The maximum Gasteiger partial charge on any atom is 0.223 e. The molecule has 1 unspecified atom stereocenters. The van der Waals surface area contributed by atoms with Crippen LogP contribution < -0.4 is 5.32 Å². The highest BCUT2D eigenvalue weighted by Gasteiger charge is 2.12. The number of carbonyl (C=O) groups excluding carboxylic acids is 1.